The van der Waals surface area contributed by atoms with E-state index in [1.54, 1.807) is 26.6 Å². The molecule has 1 rings (SSSR count). The van der Waals surface area contributed by atoms with Gasteiger partial charge in [0.25, 0.3) is 5.56 Å². The third kappa shape index (κ3) is 3.36. The van der Waals surface area contributed by atoms with Crippen molar-refractivity contribution in [2.45, 2.75) is 19.4 Å². The maximum absolute atomic E-state index is 11.6. The van der Waals surface area contributed by atoms with Gasteiger partial charge >= 0.3 is 0 Å². The summed E-state index contributed by atoms with van der Waals surface area (Å²) in [5, 5.41) is 3.06. The minimum atomic E-state index is -0.109. The third-order valence-electron chi connectivity index (χ3n) is 2.15. The molecule has 5 nitrogen and oxygen atoms in total. The van der Waals surface area contributed by atoms with Gasteiger partial charge in [0.2, 0.25) is 0 Å². The molecule has 0 aliphatic carbocycles. The lowest BCUT2D eigenvalue weighted by molar-refractivity contribution is 0.191. The van der Waals surface area contributed by atoms with Gasteiger partial charge in [0.05, 0.1) is 0 Å². The van der Waals surface area contributed by atoms with Gasteiger partial charge in [-0.2, -0.15) is 0 Å². The molecule has 0 saturated carbocycles. The number of anilines is 1. The Hall–Kier alpha value is -1.36. The number of aryl methyl sites for hydroxylation is 1. The molecule has 0 aliphatic rings. The molecule has 0 radical (unpaired) electrons. The van der Waals surface area contributed by atoms with Crippen molar-refractivity contribution < 1.29 is 4.74 Å². The fourth-order valence-electron chi connectivity index (χ4n) is 1.20. The van der Waals surface area contributed by atoms with Crippen molar-refractivity contribution >= 4 is 5.82 Å². The van der Waals surface area contributed by atoms with Gasteiger partial charge < -0.3 is 14.6 Å². The van der Waals surface area contributed by atoms with Crippen LogP contribution in [0.25, 0.3) is 0 Å². The van der Waals surface area contributed by atoms with Crippen LogP contribution in [0.15, 0.2) is 17.2 Å². The molecular weight excluding hydrogens is 194 g/mol. The van der Waals surface area contributed by atoms with Crippen LogP contribution in [0.4, 0.5) is 5.82 Å². The number of ether oxygens (including phenoxy) is 1. The summed E-state index contributed by atoms with van der Waals surface area (Å²) in [6.45, 7) is 2.66. The maximum Gasteiger partial charge on any atom is 0.293 e. The molecule has 0 fully saturated rings. The molecule has 0 saturated heterocycles. The lowest BCUT2D eigenvalue weighted by atomic mass is 10.2. The van der Waals surface area contributed by atoms with E-state index >= 15 is 0 Å². The van der Waals surface area contributed by atoms with Crippen LogP contribution >= 0.6 is 0 Å². The highest BCUT2D eigenvalue weighted by Crippen LogP contribution is 1.99. The van der Waals surface area contributed by atoms with E-state index in [4.69, 9.17) is 4.74 Å². The molecule has 1 aromatic rings. The van der Waals surface area contributed by atoms with Gasteiger partial charge in [0.15, 0.2) is 5.82 Å². The van der Waals surface area contributed by atoms with E-state index in [1.165, 1.54) is 4.57 Å². The Balaban J connectivity index is 2.64. The first-order chi connectivity index (χ1) is 7.15. The first-order valence-electron chi connectivity index (χ1n) is 4.92. The minimum Gasteiger partial charge on any atom is -0.385 e. The van der Waals surface area contributed by atoms with E-state index in [9.17, 15) is 4.79 Å². The number of methoxy groups -OCH3 is 1. The van der Waals surface area contributed by atoms with E-state index in [0.717, 1.165) is 6.42 Å². The van der Waals surface area contributed by atoms with Gasteiger partial charge in [-0.1, -0.05) is 0 Å². The topological polar surface area (TPSA) is 56.1 Å². The third-order valence-corrected chi connectivity index (χ3v) is 2.15. The second-order valence-corrected chi connectivity index (χ2v) is 3.52. The SMILES string of the molecule is COCCC(C)Nc1nccn(C)c1=O. The molecule has 5 heteroatoms. The molecule has 1 atom stereocenters. The van der Waals surface area contributed by atoms with Crippen molar-refractivity contribution in [2.75, 3.05) is 19.0 Å². The summed E-state index contributed by atoms with van der Waals surface area (Å²) in [4.78, 5) is 15.6. The van der Waals surface area contributed by atoms with Crippen molar-refractivity contribution in [2.24, 2.45) is 7.05 Å². The quantitative estimate of drug-likeness (QED) is 0.775. The van der Waals surface area contributed by atoms with Crippen LogP contribution in [0, 0.1) is 0 Å². The second kappa shape index (κ2) is 5.50. The summed E-state index contributed by atoms with van der Waals surface area (Å²) in [6.07, 6.45) is 4.08. The van der Waals surface area contributed by atoms with Crippen molar-refractivity contribution in [1.29, 1.82) is 0 Å². The molecule has 0 aliphatic heterocycles. The largest absolute Gasteiger partial charge is 0.385 e. The van der Waals surface area contributed by atoms with Crippen LogP contribution in [-0.4, -0.2) is 29.3 Å². The van der Waals surface area contributed by atoms with Gasteiger partial charge in [-0.15, -0.1) is 0 Å². The Morgan fingerprint density at radius 3 is 3.07 bits per heavy atom. The first kappa shape index (κ1) is 11.7. The molecule has 84 valence electrons. The van der Waals surface area contributed by atoms with Crippen LogP contribution in [0.5, 0.6) is 0 Å². The van der Waals surface area contributed by atoms with Crippen molar-refractivity contribution in [3.8, 4) is 0 Å². The number of hydrogen-bond donors (Lipinski definition) is 1. The molecule has 1 aromatic heterocycles. The normalized spacial score (nSPS) is 12.5. The monoisotopic (exact) mass is 211 g/mol. The Morgan fingerprint density at radius 1 is 1.67 bits per heavy atom. The zero-order valence-corrected chi connectivity index (χ0v) is 9.36. The highest BCUT2D eigenvalue weighted by atomic mass is 16.5. The van der Waals surface area contributed by atoms with Gasteiger partial charge in [0.1, 0.15) is 0 Å². The Kier molecular flexibility index (Phi) is 4.30. The van der Waals surface area contributed by atoms with E-state index in [2.05, 4.69) is 10.3 Å². The van der Waals surface area contributed by atoms with Crippen molar-refractivity contribution in [3.63, 3.8) is 0 Å². The summed E-state index contributed by atoms with van der Waals surface area (Å²) in [5.74, 6) is 0.392. The molecule has 0 bridgehead atoms. The summed E-state index contributed by atoms with van der Waals surface area (Å²) in [6, 6.07) is 0.174. The molecule has 0 spiro atoms. The molecular formula is C10H17N3O2. The standard InChI is InChI=1S/C10H17N3O2/c1-8(4-7-15-3)12-9-10(14)13(2)6-5-11-9/h5-6,8H,4,7H2,1-3H3,(H,11,12). The number of nitrogens with zero attached hydrogens (tertiary/aromatic N) is 2. The maximum atomic E-state index is 11.6. The van der Waals surface area contributed by atoms with Gasteiger partial charge in [0, 0.05) is 39.2 Å². The zero-order chi connectivity index (χ0) is 11.3. The van der Waals surface area contributed by atoms with E-state index in [1.807, 2.05) is 6.92 Å². The van der Waals surface area contributed by atoms with Gasteiger partial charge in [-0.05, 0) is 13.3 Å². The summed E-state index contributed by atoms with van der Waals surface area (Å²) in [5.41, 5.74) is -0.109. The second-order valence-electron chi connectivity index (χ2n) is 3.52. The average molecular weight is 211 g/mol. The highest BCUT2D eigenvalue weighted by molar-refractivity contribution is 5.31. The Morgan fingerprint density at radius 2 is 2.40 bits per heavy atom. The van der Waals surface area contributed by atoms with Gasteiger partial charge in [-0.3, -0.25) is 4.79 Å². The van der Waals surface area contributed by atoms with Crippen LogP contribution in [-0.2, 0) is 11.8 Å². The molecule has 1 heterocycles. The average Bonchev–Trinajstić information content (AvgIpc) is 2.22. The Bertz CT molecular complexity index is 362. The predicted octanol–water partition coefficient (Wildman–Crippen LogP) is 0.617. The summed E-state index contributed by atoms with van der Waals surface area (Å²) in [7, 11) is 3.36. The zero-order valence-electron chi connectivity index (χ0n) is 9.36. The lowest BCUT2D eigenvalue weighted by Gasteiger charge is -2.13. The van der Waals surface area contributed by atoms with Crippen LogP contribution in [0.2, 0.25) is 0 Å². The summed E-state index contributed by atoms with van der Waals surface area (Å²) < 4.78 is 6.46. The van der Waals surface area contributed by atoms with Crippen LogP contribution in [0.3, 0.4) is 0 Å². The van der Waals surface area contributed by atoms with Crippen LogP contribution in [0.1, 0.15) is 13.3 Å². The lowest BCUT2D eigenvalue weighted by Crippen LogP contribution is -2.27. The van der Waals surface area contributed by atoms with E-state index < -0.39 is 0 Å². The van der Waals surface area contributed by atoms with Crippen molar-refractivity contribution in [3.05, 3.63) is 22.7 Å². The van der Waals surface area contributed by atoms with E-state index in [-0.39, 0.29) is 11.6 Å². The minimum absolute atomic E-state index is 0.109. The van der Waals surface area contributed by atoms with E-state index in [0.29, 0.717) is 12.4 Å². The molecule has 15 heavy (non-hydrogen) atoms. The number of aromatic nitrogens is 2. The smallest absolute Gasteiger partial charge is 0.293 e. The fourth-order valence-corrected chi connectivity index (χ4v) is 1.20. The van der Waals surface area contributed by atoms with Crippen molar-refractivity contribution in [1.82, 2.24) is 9.55 Å². The first-order valence-corrected chi connectivity index (χ1v) is 4.92. The van der Waals surface area contributed by atoms with Crippen LogP contribution < -0.4 is 10.9 Å². The molecule has 1 N–H and O–H groups in total. The summed E-state index contributed by atoms with van der Waals surface area (Å²) >= 11 is 0. The molecule has 0 aromatic carbocycles. The number of hydrogen-bond acceptors (Lipinski definition) is 4. The highest BCUT2D eigenvalue weighted by Gasteiger charge is 2.06. The van der Waals surface area contributed by atoms with Gasteiger partial charge in [-0.25, -0.2) is 4.98 Å². The molecule has 0 amide bonds. The predicted molar refractivity (Wildman–Crippen MR) is 59.1 cm³/mol. The molecule has 1 unspecified atom stereocenters. The number of nitrogens with one attached hydrogen (secondary N) is 1. The fraction of sp³-hybridized carbons (Fsp3) is 0.600. The Labute approximate surface area is 89.1 Å². The number of rotatable bonds is 5.